The second kappa shape index (κ2) is 8.99. The topological polar surface area (TPSA) is 20.2 Å². The minimum atomic E-state index is 0. The molecule has 0 unspecified atom stereocenters. The number of hydrogen-bond acceptors (Lipinski definition) is 1. The van der Waals surface area contributed by atoms with E-state index in [-0.39, 0.29) is 39.9 Å². The zero-order valence-corrected chi connectivity index (χ0v) is 5.48. The Labute approximate surface area is 64.4 Å². The fraction of sp³-hybridized carbons (Fsp3) is 1.00. The van der Waals surface area contributed by atoms with Crippen LogP contribution in [0.1, 0.15) is 13.3 Å². The maximum absolute atomic E-state index is 7.88. The van der Waals surface area contributed by atoms with Crippen LogP contribution < -0.4 is 0 Å². The third-order valence-electron chi connectivity index (χ3n) is 0.224. The molecule has 0 spiro atoms. The average Bonchev–Trinajstić information content (AvgIpc) is 1.37. The number of aliphatic hydroxyl groups excluding tert-OH is 1. The van der Waals surface area contributed by atoms with Gasteiger partial charge in [0.2, 0.25) is 0 Å². The van der Waals surface area contributed by atoms with Crippen LogP contribution in [0.5, 0.6) is 0 Å². The molecule has 0 aliphatic rings. The van der Waals surface area contributed by atoms with Gasteiger partial charge in [0.05, 0.1) is 0 Å². The molecule has 5 heavy (non-hydrogen) atoms. The molecule has 0 rings (SSSR count). The number of hydrogen-bond donors (Lipinski definition) is 1. The fourth-order valence-electron chi connectivity index (χ4n) is 0. The molecule has 0 aliphatic heterocycles. The quantitative estimate of drug-likeness (QED) is 0.673. The van der Waals surface area contributed by atoms with Gasteiger partial charge in [-0.15, -0.1) is 0 Å². The van der Waals surface area contributed by atoms with E-state index in [0.29, 0.717) is 6.61 Å². The van der Waals surface area contributed by atoms with Gasteiger partial charge in [-0.25, -0.2) is 0 Å². The van der Waals surface area contributed by atoms with Gasteiger partial charge in [0.15, 0.2) is 0 Å². The third kappa shape index (κ3) is 10.9. The van der Waals surface area contributed by atoms with E-state index in [9.17, 15) is 0 Å². The van der Waals surface area contributed by atoms with Gasteiger partial charge in [-0.3, -0.25) is 0 Å². The first-order valence-corrected chi connectivity index (χ1v) is 1.52. The van der Waals surface area contributed by atoms with Crippen molar-refractivity contribution >= 4 is 0 Å². The molecular weight excluding hydrogens is 209 g/mol. The number of aliphatic hydroxyl groups is 1. The summed E-state index contributed by atoms with van der Waals surface area (Å²) in [7, 11) is 0. The van der Waals surface area contributed by atoms with E-state index in [2.05, 4.69) is 0 Å². The molecule has 0 aliphatic carbocycles. The molecule has 0 fully saturated rings. The Morgan fingerprint density at radius 3 is 1.80 bits per heavy atom. The van der Waals surface area contributed by atoms with Crippen molar-refractivity contribution in [2.75, 3.05) is 6.61 Å². The molecule has 2 heteroatoms. The largest absolute Gasteiger partial charge is 0.396 e. The van der Waals surface area contributed by atoms with Crippen molar-refractivity contribution in [2.24, 2.45) is 0 Å². The van der Waals surface area contributed by atoms with Crippen LogP contribution in [-0.4, -0.2) is 11.7 Å². The molecule has 0 saturated carbocycles. The molecular formula is C3H8GdO. The van der Waals surface area contributed by atoms with E-state index in [1.807, 2.05) is 6.92 Å². The summed E-state index contributed by atoms with van der Waals surface area (Å²) in [6, 6.07) is 0. The van der Waals surface area contributed by atoms with E-state index in [0.717, 1.165) is 6.42 Å². The standard InChI is InChI=1S/C3H8O.Gd/c1-2-3-4;/h4H,2-3H2,1H3;. The van der Waals surface area contributed by atoms with Gasteiger partial charge in [0.1, 0.15) is 0 Å². The Kier molecular flexibility index (Phi) is 17.2. The Hall–Kier alpha value is 1.28. The normalized spacial score (nSPS) is 6.00. The van der Waals surface area contributed by atoms with E-state index in [1.54, 1.807) is 0 Å². The van der Waals surface area contributed by atoms with E-state index < -0.39 is 0 Å². The summed E-state index contributed by atoms with van der Waals surface area (Å²) in [5, 5.41) is 7.88. The Morgan fingerprint density at radius 1 is 1.60 bits per heavy atom. The molecule has 0 radical (unpaired) electrons. The van der Waals surface area contributed by atoms with Crippen LogP contribution in [0.4, 0.5) is 0 Å². The first-order valence-electron chi connectivity index (χ1n) is 1.52. The molecule has 0 atom stereocenters. The van der Waals surface area contributed by atoms with Crippen molar-refractivity contribution in [3.63, 3.8) is 0 Å². The van der Waals surface area contributed by atoms with Gasteiger partial charge in [0, 0.05) is 46.5 Å². The Bertz CT molecular complexity index is 8.85. The fourth-order valence-corrected chi connectivity index (χ4v) is 0. The minimum Gasteiger partial charge on any atom is -0.396 e. The van der Waals surface area contributed by atoms with Gasteiger partial charge in [0.25, 0.3) is 0 Å². The summed E-state index contributed by atoms with van der Waals surface area (Å²) in [4.78, 5) is 0. The van der Waals surface area contributed by atoms with Crippen molar-refractivity contribution < 1.29 is 45.0 Å². The molecule has 0 amide bonds. The maximum Gasteiger partial charge on any atom is 0.0428 e. The zero-order valence-electron chi connectivity index (χ0n) is 3.21. The molecule has 1 N–H and O–H groups in total. The second-order valence-corrected chi connectivity index (χ2v) is 0.724. The molecule has 0 aromatic carbocycles. The van der Waals surface area contributed by atoms with Crippen molar-refractivity contribution in [1.29, 1.82) is 0 Å². The van der Waals surface area contributed by atoms with Gasteiger partial charge in [-0.05, 0) is 6.42 Å². The van der Waals surface area contributed by atoms with Crippen LogP contribution in [0.3, 0.4) is 0 Å². The van der Waals surface area contributed by atoms with E-state index >= 15 is 0 Å². The predicted octanol–water partition coefficient (Wildman–Crippen LogP) is 0.389. The average molecular weight is 217 g/mol. The number of rotatable bonds is 1. The van der Waals surface area contributed by atoms with E-state index in [4.69, 9.17) is 5.11 Å². The summed E-state index contributed by atoms with van der Waals surface area (Å²) >= 11 is 0. The van der Waals surface area contributed by atoms with Crippen molar-refractivity contribution in [2.45, 2.75) is 13.3 Å². The Balaban J connectivity index is 0. The van der Waals surface area contributed by atoms with Crippen molar-refractivity contribution in [1.82, 2.24) is 0 Å². The predicted molar refractivity (Wildman–Crippen MR) is 17.4 cm³/mol. The summed E-state index contributed by atoms with van der Waals surface area (Å²) < 4.78 is 0. The van der Waals surface area contributed by atoms with Crippen LogP contribution in [0.25, 0.3) is 0 Å². The van der Waals surface area contributed by atoms with Crippen LogP contribution in [0, 0.1) is 39.9 Å². The van der Waals surface area contributed by atoms with Gasteiger partial charge in [-0.2, -0.15) is 0 Å². The smallest absolute Gasteiger partial charge is 0.0428 e. The maximum atomic E-state index is 7.88. The zero-order chi connectivity index (χ0) is 3.41. The first-order chi connectivity index (χ1) is 1.91. The molecule has 0 bridgehead atoms. The molecule has 0 heterocycles. The van der Waals surface area contributed by atoms with Gasteiger partial charge < -0.3 is 5.11 Å². The molecule has 34 valence electrons. The van der Waals surface area contributed by atoms with Crippen molar-refractivity contribution in [3.05, 3.63) is 0 Å². The molecule has 0 aromatic heterocycles. The van der Waals surface area contributed by atoms with Crippen LogP contribution in [-0.2, 0) is 0 Å². The van der Waals surface area contributed by atoms with E-state index in [1.165, 1.54) is 0 Å². The summed E-state index contributed by atoms with van der Waals surface area (Å²) in [6.07, 6.45) is 0.875. The monoisotopic (exact) mass is 218 g/mol. The third-order valence-corrected chi connectivity index (χ3v) is 0.224. The van der Waals surface area contributed by atoms with Crippen molar-refractivity contribution in [3.8, 4) is 0 Å². The first kappa shape index (κ1) is 9.56. The summed E-state index contributed by atoms with van der Waals surface area (Å²) in [5.41, 5.74) is 0. The van der Waals surface area contributed by atoms with Crippen LogP contribution in [0.15, 0.2) is 0 Å². The molecule has 0 saturated heterocycles. The Morgan fingerprint density at radius 2 is 1.80 bits per heavy atom. The molecule has 1 nitrogen and oxygen atoms in total. The van der Waals surface area contributed by atoms with Gasteiger partial charge >= 0.3 is 0 Å². The minimum absolute atomic E-state index is 0. The summed E-state index contributed by atoms with van der Waals surface area (Å²) in [6.45, 7) is 2.25. The molecule has 0 aromatic rings. The summed E-state index contributed by atoms with van der Waals surface area (Å²) in [5.74, 6) is 0. The van der Waals surface area contributed by atoms with Crippen LogP contribution in [0.2, 0.25) is 0 Å². The van der Waals surface area contributed by atoms with Crippen LogP contribution >= 0.6 is 0 Å². The van der Waals surface area contributed by atoms with Gasteiger partial charge in [-0.1, -0.05) is 6.92 Å². The second-order valence-electron chi connectivity index (χ2n) is 0.724. The SMILES string of the molecule is CCCO.[Gd].